The van der Waals surface area contributed by atoms with E-state index in [4.69, 9.17) is 0 Å². The van der Waals surface area contributed by atoms with Crippen LogP contribution in [0.4, 0.5) is 0 Å². The van der Waals surface area contributed by atoms with Crippen LogP contribution in [0.3, 0.4) is 0 Å². The van der Waals surface area contributed by atoms with Crippen molar-refractivity contribution < 1.29 is 0 Å². The molecule has 1 aromatic rings. The zero-order valence-electron chi connectivity index (χ0n) is 9.45. The number of rotatable bonds is 2. The molecule has 0 amide bonds. The van der Waals surface area contributed by atoms with Gasteiger partial charge in [0.25, 0.3) is 0 Å². The van der Waals surface area contributed by atoms with Crippen LogP contribution in [0.15, 0.2) is 0 Å². The lowest BCUT2D eigenvalue weighted by Gasteiger charge is -2.21. The molecule has 0 aromatic carbocycles. The number of hydrogen-bond donors (Lipinski definition) is 1. The number of nitrogens with zero attached hydrogens (tertiary/aromatic N) is 3. The minimum Gasteiger partial charge on any atom is -0.317 e. The molecule has 1 saturated heterocycles. The minimum absolute atomic E-state index is 0.732. The van der Waals surface area contributed by atoms with Gasteiger partial charge in [0.2, 0.25) is 0 Å². The van der Waals surface area contributed by atoms with Crippen molar-refractivity contribution in [3.05, 3.63) is 17.2 Å². The summed E-state index contributed by atoms with van der Waals surface area (Å²) in [6.45, 7) is 6.20. The zero-order chi connectivity index (χ0) is 10.7. The van der Waals surface area contributed by atoms with E-state index in [1.807, 2.05) is 13.8 Å². The Morgan fingerprint density at radius 2 is 1.87 bits per heavy atom. The minimum atomic E-state index is 0.732. The standard InChI is InChI=1S/C11H18N4/c1-8-9(2)14-15-11(13-8)7-10-3-5-12-6-4-10/h10,12H,3-7H2,1-2H3. The molecule has 1 aliphatic rings. The van der Waals surface area contributed by atoms with E-state index in [9.17, 15) is 0 Å². The van der Waals surface area contributed by atoms with E-state index in [-0.39, 0.29) is 0 Å². The summed E-state index contributed by atoms with van der Waals surface area (Å²) in [7, 11) is 0. The molecule has 1 aromatic heterocycles. The monoisotopic (exact) mass is 206 g/mol. The normalized spacial score (nSPS) is 18.0. The summed E-state index contributed by atoms with van der Waals surface area (Å²) in [5, 5.41) is 11.6. The number of aryl methyl sites for hydroxylation is 2. The van der Waals surface area contributed by atoms with E-state index in [0.29, 0.717) is 0 Å². The highest BCUT2D eigenvalue weighted by Crippen LogP contribution is 2.15. The molecule has 0 spiro atoms. The maximum Gasteiger partial charge on any atom is 0.151 e. The highest BCUT2D eigenvalue weighted by molar-refractivity contribution is 5.05. The molecule has 2 heterocycles. The van der Waals surface area contributed by atoms with Crippen LogP contribution in [-0.2, 0) is 6.42 Å². The Kier molecular flexibility index (Phi) is 3.26. The molecule has 4 heteroatoms. The van der Waals surface area contributed by atoms with Crippen molar-refractivity contribution in [2.45, 2.75) is 33.1 Å². The third-order valence-corrected chi connectivity index (χ3v) is 3.07. The van der Waals surface area contributed by atoms with Gasteiger partial charge >= 0.3 is 0 Å². The fourth-order valence-corrected chi connectivity index (χ4v) is 1.93. The second-order valence-electron chi connectivity index (χ2n) is 4.30. The SMILES string of the molecule is Cc1nnc(CC2CCNCC2)nc1C. The summed E-state index contributed by atoms with van der Waals surface area (Å²) in [5.41, 5.74) is 1.94. The van der Waals surface area contributed by atoms with Gasteiger partial charge in [-0.15, -0.1) is 5.10 Å². The van der Waals surface area contributed by atoms with Crippen LogP contribution in [0.5, 0.6) is 0 Å². The Morgan fingerprint density at radius 3 is 2.53 bits per heavy atom. The van der Waals surface area contributed by atoms with Crippen molar-refractivity contribution in [1.29, 1.82) is 0 Å². The highest BCUT2D eigenvalue weighted by atomic mass is 15.2. The Bertz CT molecular complexity index is 331. The zero-order valence-corrected chi connectivity index (χ0v) is 9.45. The van der Waals surface area contributed by atoms with Gasteiger partial charge in [0.15, 0.2) is 5.82 Å². The predicted octanol–water partition coefficient (Wildman–Crippen LogP) is 1.03. The lowest BCUT2D eigenvalue weighted by atomic mass is 9.94. The number of aromatic nitrogens is 3. The van der Waals surface area contributed by atoms with Gasteiger partial charge in [-0.25, -0.2) is 4.98 Å². The van der Waals surface area contributed by atoms with E-state index in [1.54, 1.807) is 0 Å². The van der Waals surface area contributed by atoms with Gasteiger partial charge in [-0.1, -0.05) is 0 Å². The molecule has 1 aliphatic heterocycles. The Hall–Kier alpha value is -1.03. The molecule has 15 heavy (non-hydrogen) atoms. The van der Waals surface area contributed by atoms with Crippen molar-refractivity contribution in [3.8, 4) is 0 Å². The van der Waals surface area contributed by atoms with Crippen molar-refractivity contribution in [3.63, 3.8) is 0 Å². The Balaban J connectivity index is 2.00. The fraction of sp³-hybridized carbons (Fsp3) is 0.727. The molecule has 82 valence electrons. The van der Waals surface area contributed by atoms with Gasteiger partial charge in [-0.3, -0.25) is 0 Å². The third kappa shape index (κ3) is 2.72. The number of hydrogen-bond acceptors (Lipinski definition) is 4. The molecule has 0 bridgehead atoms. The summed E-state index contributed by atoms with van der Waals surface area (Å²) < 4.78 is 0. The van der Waals surface area contributed by atoms with E-state index >= 15 is 0 Å². The molecule has 2 rings (SSSR count). The van der Waals surface area contributed by atoms with Crippen molar-refractivity contribution in [2.24, 2.45) is 5.92 Å². The van der Waals surface area contributed by atoms with Gasteiger partial charge < -0.3 is 5.32 Å². The summed E-state index contributed by atoms with van der Waals surface area (Å²) in [4.78, 5) is 4.47. The maximum absolute atomic E-state index is 4.47. The average Bonchev–Trinajstić information content (AvgIpc) is 2.25. The second-order valence-corrected chi connectivity index (χ2v) is 4.30. The molecular formula is C11H18N4. The maximum atomic E-state index is 4.47. The molecular weight excluding hydrogens is 188 g/mol. The summed E-state index contributed by atoms with van der Waals surface area (Å²) >= 11 is 0. The molecule has 1 fully saturated rings. The van der Waals surface area contributed by atoms with Crippen molar-refractivity contribution in [1.82, 2.24) is 20.5 Å². The topological polar surface area (TPSA) is 50.7 Å². The molecule has 0 atom stereocenters. The number of nitrogens with one attached hydrogen (secondary N) is 1. The molecule has 0 unspecified atom stereocenters. The van der Waals surface area contributed by atoms with Gasteiger partial charge in [0.05, 0.1) is 11.4 Å². The van der Waals surface area contributed by atoms with Gasteiger partial charge in [0, 0.05) is 6.42 Å². The first-order valence-electron chi connectivity index (χ1n) is 5.63. The smallest absolute Gasteiger partial charge is 0.151 e. The lowest BCUT2D eigenvalue weighted by Crippen LogP contribution is -2.29. The molecule has 4 nitrogen and oxygen atoms in total. The predicted molar refractivity (Wildman–Crippen MR) is 58.6 cm³/mol. The Labute approximate surface area is 90.5 Å². The van der Waals surface area contributed by atoms with Gasteiger partial charge in [-0.05, 0) is 45.7 Å². The van der Waals surface area contributed by atoms with Crippen LogP contribution < -0.4 is 5.32 Å². The molecule has 1 N–H and O–H groups in total. The fourth-order valence-electron chi connectivity index (χ4n) is 1.93. The first kappa shape index (κ1) is 10.5. The first-order chi connectivity index (χ1) is 7.25. The third-order valence-electron chi connectivity index (χ3n) is 3.07. The van der Waals surface area contributed by atoms with Crippen molar-refractivity contribution >= 4 is 0 Å². The molecule has 0 saturated carbocycles. The van der Waals surface area contributed by atoms with E-state index in [1.165, 1.54) is 12.8 Å². The van der Waals surface area contributed by atoms with Crippen LogP contribution in [0, 0.1) is 19.8 Å². The second kappa shape index (κ2) is 4.66. The van der Waals surface area contributed by atoms with Gasteiger partial charge in [-0.2, -0.15) is 5.10 Å². The quantitative estimate of drug-likeness (QED) is 0.785. The Morgan fingerprint density at radius 1 is 1.13 bits per heavy atom. The van der Waals surface area contributed by atoms with Gasteiger partial charge in [0.1, 0.15) is 0 Å². The van der Waals surface area contributed by atoms with E-state index in [0.717, 1.165) is 42.6 Å². The lowest BCUT2D eigenvalue weighted by molar-refractivity contribution is 0.365. The summed E-state index contributed by atoms with van der Waals surface area (Å²) in [6, 6.07) is 0. The average molecular weight is 206 g/mol. The molecule has 0 aliphatic carbocycles. The molecule has 0 radical (unpaired) electrons. The van der Waals surface area contributed by atoms with Crippen molar-refractivity contribution in [2.75, 3.05) is 13.1 Å². The first-order valence-corrected chi connectivity index (χ1v) is 5.63. The van der Waals surface area contributed by atoms with Crippen LogP contribution in [0.1, 0.15) is 30.1 Å². The largest absolute Gasteiger partial charge is 0.317 e. The van der Waals surface area contributed by atoms with E-state index in [2.05, 4.69) is 20.5 Å². The van der Waals surface area contributed by atoms with Crippen LogP contribution >= 0.6 is 0 Å². The van der Waals surface area contributed by atoms with Crippen LogP contribution in [-0.4, -0.2) is 28.3 Å². The summed E-state index contributed by atoms with van der Waals surface area (Å²) in [5.74, 6) is 1.64. The number of piperidine rings is 1. The van der Waals surface area contributed by atoms with Crippen LogP contribution in [0.2, 0.25) is 0 Å². The van der Waals surface area contributed by atoms with E-state index < -0.39 is 0 Å². The van der Waals surface area contributed by atoms with Crippen LogP contribution in [0.25, 0.3) is 0 Å². The highest BCUT2D eigenvalue weighted by Gasteiger charge is 2.15. The summed E-state index contributed by atoms with van der Waals surface area (Å²) in [6.07, 6.45) is 3.45.